The first-order valence-corrected chi connectivity index (χ1v) is 14.3. The maximum Gasteiger partial charge on any atom is 0.266 e. The second kappa shape index (κ2) is 11.7. The molecule has 0 spiro atoms. The highest BCUT2D eigenvalue weighted by Gasteiger charge is 2.18. The second-order valence-electron chi connectivity index (χ2n) is 7.99. The summed E-state index contributed by atoms with van der Waals surface area (Å²) in [7, 11) is 3.04. The van der Waals surface area contributed by atoms with Gasteiger partial charge in [-0.2, -0.15) is 0 Å². The third kappa shape index (κ3) is 5.93. The molecule has 13 heteroatoms. The summed E-state index contributed by atoms with van der Waals surface area (Å²) in [6.07, 6.45) is 0. The molecule has 0 aliphatic carbocycles. The molecule has 5 rings (SSSR count). The molecule has 3 aromatic carbocycles. The normalized spacial score (nSPS) is 11.0. The summed E-state index contributed by atoms with van der Waals surface area (Å²) in [5.74, 6) is 0.978. The SMILES string of the molecule is COc1cc2nc(SCc3nnc(NC(=O)c4ccc(Br)cc4)s3)n(-c3ccc(Cl)cc3)c(=O)c2cc1OC. The molecule has 0 unspecified atom stereocenters. The number of benzene rings is 3. The Kier molecular flexibility index (Phi) is 8.17. The maximum atomic E-state index is 13.7. The molecule has 1 amide bonds. The summed E-state index contributed by atoms with van der Waals surface area (Å²) in [5, 5.41) is 13.4. The van der Waals surface area contributed by atoms with Crippen LogP contribution >= 0.6 is 50.6 Å². The molecule has 2 heterocycles. The maximum absolute atomic E-state index is 13.7. The van der Waals surface area contributed by atoms with Crippen LogP contribution in [0.2, 0.25) is 5.02 Å². The first-order chi connectivity index (χ1) is 18.9. The molecular formula is C26H19BrClN5O4S2. The van der Waals surface area contributed by atoms with Crippen molar-refractivity contribution in [2.45, 2.75) is 10.9 Å². The van der Waals surface area contributed by atoms with Crippen molar-refractivity contribution in [3.63, 3.8) is 0 Å². The lowest BCUT2D eigenvalue weighted by molar-refractivity contribution is 0.102. The number of thioether (sulfide) groups is 1. The number of nitrogens with one attached hydrogen (secondary N) is 1. The number of fused-ring (bicyclic) bond motifs is 1. The van der Waals surface area contributed by atoms with Gasteiger partial charge in [-0.25, -0.2) is 4.98 Å². The van der Waals surface area contributed by atoms with Gasteiger partial charge in [0.25, 0.3) is 11.5 Å². The number of nitrogens with zero attached hydrogens (tertiary/aromatic N) is 4. The number of hydrogen-bond donors (Lipinski definition) is 1. The van der Waals surface area contributed by atoms with Crippen molar-refractivity contribution in [1.82, 2.24) is 19.7 Å². The third-order valence-corrected chi connectivity index (χ3v) is 8.30. The van der Waals surface area contributed by atoms with Gasteiger partial charge >= 0.3 is 0 Å². The van der Waals surface area contributed by atoms with E-state index in [-0.39, 0.29) is 11.5 Å². The monoisotopic (exact) mass is 643 g/mol. The summed E-state index contributed by atoms with van der Waals surface area (Å²) in [6.45, 7) is 0. The molecule has 198 valence electrons. The molecule has 0 saturated heterocycles. The average molecular weight is 645 g/mol. The minimum absolute atomic E-state index is 0.273. The van der Waals surface area contributed by atoms with Gasteiger partial charge in [-0.15, -0.1) is 10.2 Å². The molecule has 39 heavy (non-hydrogen) atoms. The van der Waals surface area contributed by atoms with Crippen LogP contribution in [0.1, 0.15) is 15.4 Å². The zero-order chi connectivity index (χ0) is 27.5. The highest BCUT2D eigenvalue weighted by molar-refractivity contribution is 9.10. The molecular weight excluding hydrogens is 626 g/mol. The standard InChI is InChI=1S/C26H19BrClN5O4S2/c1-36-20-11-18-19(12-21(20)37-2)29-26(33(24(18)35)17-9-7-16(28)8-10-17)38-13-22-31-32-25(39-22)30-23(34)14-3-5-15(27)6-4-14/h3-12H,13H2,1-2H3,(H,30,32,34). The minimum Gasteiger partial charge on any atom is -0.493 e. The van der Waals surface area contributed by atoms with Crippen molar-refractivity contribution < 1.29 is 14.3 Å². The number of halogens is 2. The first-order valence-electron chi connectivity index (χ1n) is 11.3. The fourth-order valence-electron chi connectivity index (χ4n) is 3.67. The van der Waals surface area contributed by atoms with Crippen molar-refractivity contribution in [2.75, 3.05) is 19.5 Å². The van der Waals surface area contributed by atoms with E-state index in [4.69, 9.17) is 26.1 Å². The van der Waals surface area contributed by atoms with Gasteiger partial charge in [0.2, 0.25) is 5.13 Å². The summed E-state index contributed by atoms with van der Waals surface area (Å²) >= 11 is 12.0. The van der Waals surface area contributed by atoms with Gasteiger partial charge in [-0.3, -0.25) is 19.5 Å². The van der Waals surface area contributed by atoms with Crippen molar-refractivity contribution in [1.29, 1.82) is 0 Å². The molecule has 9 nitrogen and oxygen atoms in total. The number of rotatable bonds is 8. The predicted octanol–water partition coefficient (Wildman–Crippen LogP) is 6.21. The van der Waals surface area contributed by atoms with Gasteiger partial charge < -0.3 is 9.47 Å². The Hall–Kier alpha value is -3.45. The van der Waals surface area contributed by atoms with E-state index in [1.54, 1.807) is 60.7 Å². The van der Waals surface area contributed by atoms with Crippen LogP contribution in [0, 0.1) is 0 Å². The highest BCUT2D eigenvalue weighted by atomic mass is 79.9. The van der Waals surface area contributed by atoms with Crippen molar-refractivity contribution in [3.8, 4) is 17.2 Å². The zero-order valence-corrected chi connectivity index (χ0v) is 24.4. The van der Waals surface area contributed by atoms with Crippen LogP contribution in [0.4, 0.5) is 5.13 Å². The largest absolute Gasteiger partial charge is 0.493 e. The first kappa shape index (κ1) is 27.1. The summed E-state index contributed by atoms with van der Waals surface area (Å²) in [6, 6.07) is 17.2. The van der Waals surface area contributed by atoms with Gasteiger partial charge in [-0.1, -0.05) is 50.6 Å². The number of carbonyl (C=O) groups is 1. The van der Waals surface area contributed by atoms with Crippen LogP contribution in [0.3, 0.4) is 0 Å². The quantitative estimate of drug-likeness (QED) is 0.157. The lowest BCUT2D eigenvalue weighted by atomic mass is 10.2. The van der Waals surface area contributed by atoms with E-state index < -0.39 is 0 Å². The lowest BCUT2D eigenvalue weighted by Gasteiger charge is -2.14. The van der Waals surface area contributed by atoms with Crippen molar-refractivity contribution >= 4 is 72.6 Å². The third-order valence-electron chi connectivity index (χ3n) is 5.55. The van der Waals surface area contributed by atoms with E-state index >= 15 is 0 Å². The number of hydrogen-bond acceptors (Lipinski definition) is 9. The molecule has 2 aromatic heterocycles. The lowest BCUT2D eigenvalue weighted by Crippen LogP contribution is -2.22. The Morgan fingerprint density at radius 3 is 2.44 bits per heavy atom. The van der Waals surface area contributed by atoms with Crippen LogP contribution in [-0.2, 0) is 5.75 Å². The van der Waals surface area contributed by atoms with E-state index in [0.717, 1.165) is 4.47 Å². The van der Waals surface area contributed by atoms with E-state index in [1.807, 2.05) is 0 Å². The van der Waals surface area contributed by atoms with Crippen molar-refractivity contribution in [2.24, 2.45) is 0 Å². The number of aromatic nitrogens is 4. The van der Waals surface area contributed by atoms with E-state index in [0.29, 0.717) is 59.7 Å². The van der Waals surface area contributed by atoms with Crippen LogP contribution in [-0.4, -0.2) is 39.9 Å². The van der Waals surface area contributed by atoms with E-state index in [9.17, 15) is 9.59 Å². The predicted molar refractivity (Wildman–Crippen MR) is 157 cm³/mol. The number of anilines is 1. The van der Waals surface area contributed by atoms with Crippen LogP contribution < -0.4 is 20.3 Å². The summed E-state index contributed by atoms with van der Waals surface area (Å²) < 4.78 is 13.2. The molecule has 0 radical (unpaired) electrons. The van der Waals surface area contributed by atoms with Crippen LogP contribution in [0.15, 0.2) is 75.1 Å². The Morgan fingerprint density at radius 2 is 1.74 bits per heavy atom. The minimum atomic E-state index is -0.282. The van der Waals surface area contributed by atoms with Crippen molar-refractivity contribution in [3.05, 3.63) is 91.1 Å². The molecule has 5 aromatic rings. The molecule has 0 fully saturated rings. The number of carbonyl (C=O) groups excluding carboxylic acids is 1. The Balaban J connectivity index is 1.45. The van der Waals surface area contributed by atoms with Gasteiger partial charge in [0.15, 0.2) is 16.7 Å². The molecule has 0 aliphatic heterocycles. The zero-order valence-electron chi connectivity index (χ0n) is 20.5. The Morgan fingerprint density at radius 1 is 1.05 bits per heavy atom. The van der Waals surface area contributed by atoms with Crippen LogP contribution in [0.5, 0.6) is 11.5 Å². The molecule has 0 saturated carbocycles. The Labute approximate surface area is 244 Å². The number of amides is 1. The van der Waals surface area contributed by atoms with Gasteiger partial charge in [0.05, 0.1) is 36.6 Å². The fraction of sp³-hybridized carbons (Fsp3) is 0.115. The van der Waals surface area contributed by atoms with E-state index in [1.165, 1.54) is 41.9 Å². The molecule has 1 N–H and O–H groups in total. The number of ether oxygens (including phenoxy) is 2. The van der Waals surface area contributed by atoms with Gasteiger partial charge in [-0.05, 0) is 54.6 Å². The molecule has 0 atom stereocenters. The van der Waals surface area contributed by atoms with Crippen LogP contribution in [0.25, 0.3) is 16.6 Å². The average Bonchev–Trinajstić information content (AvgIpc) is 3.39. The number of methoxy groups -OCH3 is 2. The topological polar surface area (TPSA) is 108 Å². The fourth-order valence-corrected chi connectivity index (χ4v) is 5.79. The smallest absolute Gasteiger partial charge is 0.266 e. The molecule has 0 bridgehead atoms. The Bertz CT molecular complexity index is 1730. The van der Waals surface area contributed by atoms with E-state index in [2.05, 4.69) is 31.4 Å². The van der Waals surface area contributed by atoms with Gasteiger partial charge in [0.1, 0.15) is 5.01 Å². The second-order valence-corrected chi connectivity index (χ2v) is 11.3. The summed E-state index contributed by atoms with van der Waals surface area (Å²) in [4.78, 5) is 31.0. The molecule has 0 aliphatic rings. The summed E-state index contributed by atoms with van der Waals surface area (Å²) in [5.41, 5.74) is 1.30. The highest BCUT2D eigenvalue weighted by Crippen LogP contribution is 2.33. The van der Waals surface area contributed by atoms with Gasteiger partial charge in [0, 0.05) is 21.1 Å².